The molecule has 1 aromatic rings. The third-order valence-corrected chi connectivity index (χ3v) is 3.05. The van der Waals surface area contributed by atoms with E-state index in [0.29, 0.717) is 4.90 Å². The number of alkyl halides is 2. The minimum Gasteiger partial charge on any atom is -0.433 e. The Labute approximate surface area is 118 Å². The van der Waals surface area contributed by atoms with Gasteiger partial charge < -0.3 is 4.74 Å². The average Bonchev–Trinajstić information content (AvgIpc) is 2.38. The van der Waals surface area contributed by atoms with Crippen LogP contribution in [0.5, 0.6) is 5.75 Å². The number of nitrogens with one attached hydrogen (secondary N) is 1. The van der Waals surface area contributed by atoms with Gasteiger partial charge in [-0.1, -0.05) is 12.1 Å². The predicted octanol–water partition coefficient (Wildman–Crippen LogP) is 1.90. The van der Waals surface area contributed by atoms with Gasteiger partial charge in [-0.25, -0.2) is 9.69 Å². The van der Waals surface area contributed by atoms with Crippen LogP contribution in [0.3, 0.4) is 0 Å². The van der Waals surface area contributed by atoms with Gasteiger partial charge in [0.05, 0.1) is 5.69 Å². The molecule has 0 saturated carbocycles. The van der Waals surface area contributed by atoms with Gasteiger partial charge in [0.15, 0.2) is 0 Å². The van der Waals surface area contributed by atoms with Gasteiger partial charge in [0.2, 0.25) is 11.8 Å². The number of hydrogen-bond donors (Lipinski definition) is 1. The van der Waals surface area contributed by atoms with Crippen LogP contribution in [0.1, 0.15) is 13.8 Å². The summed E-state index contributed by atoms with van der Waals surface area (Å²) in [5, 5.41) is 2.01. The Bertz CT molecular complexity index is 616. The van der Waals surface area contributed by atoms with Crippen molar-refractivity contribution in [2.75, 3.05) is 4.90 Å². The summed E-state index contributed by atoms with van der Waals surface area (Å²) in [6.45, 7) is -0.440. The molecule has 0 atom stereocenters. The number of carbonyl (C=O) groups excluding carboxylic acids is 3. The highest BCUT2D eigenvalue weighted by Crippen LogP contribution is 2.34. The number of barbiturate groups is 1. The molecule has 1 N–H and O–H groups in total. The molecule has 1 aromatic carbocycles. The summed E-state index contributed by atoms with van der Waals surface area (Å²) >= 11 is 0. The molecule has 2 rings (SSSR count). The summed E-state index contributed by atoms with van der Waals surface area (Å²) in [4.78, 5) is 36.4. The highest BCUT2D eigenvalue weighted by Gasteiger charge is 2.48. The van der Waals surface area contributed by atoms with E-state index in [2.05, 4.69) is 4.74 Å². The molecule has 112 valence electrons. The van der Waals surface area contributed by atoms with Crippen LogP contribution in [0.15, 0.2) is 24.3 Å². The zero-order valence-electron chi connectivity index (χ0n) is 11.2. The number of halogens is 2. The second-order valence-corrected chi connectivity index (χ2v) is 4.87. The first kappa shape index (κ1) is 14.9. The van der Waals surface area contributed by atoms with Gasteiger partial charge in [-0.2, -0.15) is 8.78 Å². The maximum atomic E-state index is 12.4. The van der Waals surface area contributed by atoms with Crippen LogP contribution < -0.4 is 15.0 Å². The van der Waals surface area contributed by atoms with Crippen LogP contribution in [0, 0.1) is 5.41 Å². The monoisotopic (exact) mass is 298 g/mol. The first-order valence-corrected chi connectivity index (χ1v) is 5.99. The maximum absolute atomic E-state index is 12.4. The summed E-state index contributed by atoms with van der Waals surface area (Å²) in [6.07, 6.45) is 0. The standard InChI is InChI=1S/C13H12F2N2O4/c1-13(2)9(18)16-12(20)17(10(13)19)7-5-3-4-6-8(7)21-11(14)15/h3-6,11H,1-2H3,(H,16,18,20). The van der Waals surface area contributed by atoms with Crippen molar-refractivity contribution < 1.29 is 27.9 Å². The Hall–Kier alpha value is -2.51. The quantitative estimate of drug-likeness (QED) is 0.865. The molecular formula is C13H12F2N2O4. The lowest BCUT2D eigenvalue weighted by Crippen LogP contribution is -2.62. The van der Waals surface area contributed by atoms with Crippen molar-refractivity contribution in [3.63, 3.8) is 0 Å². The molecule has 6 nitrogen and oxygen atoms in total. The Morgan fingerprint density at radius 1 is 1.19 bits per heavy atom. The summed E-state index contributed by atoms with van der Waals surface area (Å²) in [5.41, 5.74) is -1.65. The molecule has 1 saturated heterocycles. The topological polar surface area (TPSA) is 75.7 Å². The van der Waals surface area contributed by atoms with Crippen molar-refractivity contribution in [3.8, 4) is 5.75 Å². The number of amides is 4. The third-order valence-electron chi connectivity index (χ3n) is 3.05. The fraction of sp³-hybridized carbons (Fsp3) is 0.308. The smallest absolute Gasteiger partial charge is 0.387 e. The van der Waals surface area contributed by atoms with E-state index in [0.717, 1.165) is 0 Å². The van der Waals surface area contributed by atoms with Gasteiger partial charge in [-0.15, -0.1) is 0 Å². The highest BCUT2D eigenvalue weighted by atomic mass is 19.3. The molecule has 1 aliphatic heterocycles. The number of nitrogens with zero attached hydrogens (tertiary/aromatic N) is 1. The fourth-order valence-corrected chi connectivity index (χ4v) is 1.83. The molecule has 0 aromatic heterocycles. The van der Waals surface area contributed by atoms with Gasteiger partial charge in [-0.3, -0.25) is 14.9 Å². The zero-order valence-corrected chi connectivity index (χ0v) is 11.2. The van der Waals surface area contributed by atoms with E-state index in [9.17, 15) is 23.2 Å². The lowest BCUT2D eigenvalue weighted by atomic mass is 9.88. The summed E-state index contributed by atoms with van der Waals surface area (Å²) in [5.74, 6) is -1.90. The molecule has 1 aliphatic rings. The minimum absolute atomic E-state index is 0.152. The largest absolute Gasteiger partial charge is 0.433 e. The Kier molecular flexibility index (Phi) is 3.63. The molecule has 0 bridgehead atoms. The normalized spacial score (nSPS) is 18.0. The highest BCUT2D eigenvalue weighted by molar-refractivity contribution is 6.29. The molecule has 4 amide bonds. The Morgan fingerprint density at radius 3 is 2.43 bits per heavy atom. The number of imide groups is 2. The number of benzene rings is 1. The Balaban J connectivity index is 2.48. The van der Waals surface area contributed by atoms with Crippen molar-refractivity contribution in [3.05, 3.63) is 24.3 Å². The number of rotatable bonds is 3. The van der Waals surface area contributed by atoms with Crippen LogP contribution in [0.25, 0.3) is 0 Å². The first-order valence-electron chi connectivity index (χ1n) is 5.99. The predicted molar refractivity (Wildman–Crippen MR) is 67.9 cm³/mol. The van der Waals surface area contributed by atoms with Gasteiger partial charge in [-0.05, 0) is 26.0 Å². The lowest BCUT2D eigenvalue weighted by Gasteiger charge is -2.34. The number of hydrogen-bond acceptors (Lipinski definition) is 4. The SMILES string of the molecule is CC1(C)C(=O)NC(=O)N(c2ccccc2OC(F)F)C1=O. The first-order chi connectivity index (χ1) is 9.75. The summed E-state index contributed by atoms with van der Waals surface area (Å²) in [7, 11) is 0. The second-order valence-electron chi connectivity index (χ2n) is 4.87. The molecule has 8 heteroatoms. The molecule has 0 radical (unpaired) electrons. The Morgan fingerprint density at radius 2 is 1.81 bits per heavy atom. The van der Waals surface area contributed by atoms with Gasteiger partial charge in [0.1, 0.15) is 11.2 Å². The van der Waals surface area contributed by atoms with Crippen molar-refractivity contribution in [2.24, 2.45) is 5.41 Å². The van der Waals surface area contributed by atoms with Crippen molar-refractivity contribution in [2.45, 2.75) is 20.5 Å². The maximum Gasteiger partial charge on any atom is 0.387 e. The number of urea groups is 1. The van der Waals surface area contributed by atoms with E-state index < -0.39 is 29.9 Å². The summed E-state index contributed by atoms with van der Waals surface area (Å²) in [6, 6.07) is 4.35. The van der Waals surface area contributed by atoms with Crippen LogP contribution in [-0.2, 0) is 9.59 Å². The van der Waals surface area contributed by atoms with Gasteiger partial charge >= 0.3 is 12.6 Å². The molecule has 1 fully saturated rings. The molecule has 0 unspecified atom stereocenters. The second kappa shape index (κ2) is 5.12. The van der Waals surface area contributed by atoms with Gasteiger partial charge in [0, 0.05) is 0 Å². The number of anilines is 1. The van der Waals surface area contributed by atoms with Gasteiger partial charge in [0.25, 0.3) is 0 Å². The number of ether oxygens (including phenoxy) is 1. The van der Waals surface area contributed by atoms with Crippen molar-refractivity contribution in [1.29, 1.82) is 0 Å². The van der Waals surface area contributed by atoms with Crippen LogP contribution in [-0.4, -0.2) is 24.5 Å². The van der Waals surface area contributed by atoms with E-state index in [4.69, 9.17) is 0 Å². The third kappa shape index (κ3) is 2.56. The van der Waals surface area contributed by atoms with E-state index in [1.807, 2.05) is 5.32 Å². The van der Waals surface area contributed by atoms with Crippen molar-refractivity contribution >= 4 is 23.5 Å². The van der Waals surface area contributed by atoms with E-state index in [1.54, 1.807) is 0 Å². The lowest BCUT2D eigenvalue weighted by molar-refractivity contribution is -0.140. The molecule has 0 aliphatic carbocycles. The molecular weight excluding hydrogens is 286 g/mol. The van der Waals surface area contributed by atoms with Crippen LogP contribution >= 0.6 is 0 Å². The number of carbonyl (C=O) groups is 3. The zero-order chi connectivity index (χ0) is 15.8. The van der Waals surface area contributed by atoms with Crippen molar-refractivity contribution in [1.82, 2.24) is 5.32 Å². The molecule has 0 spiro atoms. The van der Waals surface area contributed by atoms with Crippen LogP contribution in [0.4, 0.5) is 19.3 Å². The fourth-order valence-electron chi connectivity index (χ4n) is 1.83. The average molecular weight is 298 g/mol. The minimum atomic E-state index is -3.11. The molecule has 21 heavy (non-hydrogen) atoms. The molecule has 1 heterocycles. The van der Waals surface area contributed by atoms with Crippen LogP contribution in [0.2, 0.25) is 0 Å². The number of para-hydroxylation sites is 2. The van der Waals surface area contributed by atoms with E-state index in [1.165, 1.54) is 38.1 Å². The van der Waals surface area contributed by atoms with E-state index >= 15 is 0 Å². The summed E-state index contributed by atoms with van der Waals surface area (Å²) < 4.78 is 29.1. The van der Waals surface area contributed by atoms with E-state index in [-0.39, 0.29) is 11.4 Å².